The highest BCUT2D eigenvalue weighted by Crippen LogP contribution is 2.19. The van der Waals surface area contributed by atoms with Crippen LogP contribution < -0.4 is 10.6 Å². The number of nitrogens with zero attached hydrogens (tertiary/aromatic N) is 2. The Labute approximate surface area is 124 Å². The van der Waals surface area contributed by atoms with E-state index in [4.69, 9.17) is 5.11 Å². The third-order valence-corrected chi connectivity index (χ3v) is 3.08. The lowest BCUT2D eigenvalue weighted by Gasteiger charge is -2.27. The second-order valence-corrected chi connectivity index (χ2v) is 6.05. The van der Waals surface area contributed by atoms with Crippen LogP contribution in [0.25, 0.3) is 0 Å². The van der Waals surface area contributed by atoms with Gasteiger partial charge in [-0.1, -0.05) is 20.8 Å². The van der Waals surface area contributed by atoms with E-state index in [9.17, 15) is 9.59 Å². The first kappa shape index (κ1) is 17.0. The van der Waals surface area contributed by atoms with E-state index >= 15 is 0 Å². The number of amides is 2. The Bertz CT molecular complexity index is 451. The molecule has 0 aliphatic carbocycles. The zero-order chi connectivity index (χ0) is 15.9. The molecule has 2 amide bonds. The number of rotatable bonds is 7. The van der Waals surface area contributed by atoms with Gasteiger partial charge in [-0.15, -0.1) is 0 Å². The van der Waals surface area contributed by atoms with Crippen molar-refractivity contribution in [3.05, 3.63) is 18.7 Å². The molecule has 3 N–H and O–H groups in total. The quantitative estimate of drug-likeness (QED) is 0.664. The Morgan fingerprint density at radius 2 is 2.05 bits per heavy atom. The molecule has 1 aromatic rings. The monoisotopic (exact) mass is 296 g/mol. The van der Waals surface area contributed by atoms with Gasteiger partial charge in [0.25, 0.3) is 0 Å². The van der Waals surface area contributed by atoms with Crippen LogP contribution in [0.15, 0.2) is 18.7 Å². The minimum atomic E-state index is -1.03. The Morgan fingerprint density at radius 1 is 1.33 bits per heavy atom. The first-order valence-corrected chi connectivity index (χ1v) is 7.03. The van der Waals surface area contributed by atoms with E-state index in [-0.39, 0.29) is 0 Å². The fraction of sp³-hybridized carbons (Fsp3) is 0.643. The van der Waals surface area contributed by atoms with Crippen molar-refractivity contribution in [1.82, 2.24) is 20.2 Å². The molecule has 0 saturated heterocycles. The molecule has 0 saturated carbocycles. The number of carbonyl (C=O) groups is 2. The molecular weight excluding hydrogens is 272 g/mol. The van der Waals surface area contributed by atoms with Crippen molar-refractivity contribution < 1.29 is 14.7 Å². The molecular formula is C14H24N4O3. The third kappa shape index (κ3) is 6.29. The van der Waals surface area contributed by atoms with Crippen LogP contribution in [-0.4, -0.2) is 39.2 Å². The van der Waals surface area contributed by atoms with Gasteiger partial charge in [-0.05, 0) is 18.3 Å². The zero-order valence-electron chi connectivity index (χ0n) is 12.8. The Morgan fingerprint density at radius 3 is 2.57 bits per heavy atom. The number of urea groups is 1. The van der Waals surface area contributed by atoms with E-state index in [1.54, 1.807) is 33.3 Å². The van der Waals surface area contributed by atoms with Gasteiger partial charge >= 0.3 is 12.0 Å². The number of carboxylic acids is 1. The Balaban J connectivity index is 2.22. The van der Waals surface area contributed by atoms with Gasteiger partial charge in [-0.2, -0.15) is 0 Å². The molecule has 1 rings (SSSR count). The van der Waals surface area contributed by atoms with Crippen molar-refractivity contribution in [2.45, 2.75) is 46.2 Å². The van der Waals surface area contributed by atoms with Gasteiger partial charge in [-0.25, -0.2) is 14.6 Å². The van der Waals surface area contributed by atoms with Crippen molar-refractivity contribution >= 4 is 12.0 Å². The average Bonchev–Trinajstić information content (AvgIpc) is 2.87. The van der Waals surface area contributed by atoms with Crippen LogP contribution in [0.3, 0.4) is 0 Å². The highest BCUT2D eigenvalue weighted by atomic mass is 16.4. The minimum absolute atomic E-state index is 0.444. The first-order chi connectivity index (χ1) is 9.80. The summed E-state index contributed by atoms with van der Waals surface area (Å²) in [7, 11) is 0. The maximum Gasteiger partial charge on any atom is 0.326 e. The molecule has 0 radical (unpaired) electrons. The molecule has 1 heterocycles. The third-order valence-electron chi connectivity index (χ3n) is 3.08. The number of carbonyl (C=O) groups excluding carboxylic acids is 1. The van der Waals surface area contributed by atoms with E-state index in [1.807, 2.05) is 10.8 Å². The predicted molar refractivity (Wildman–Crippen MR) is 78.9 cm³/mol. The lowest BCUT2D eigenvalue weighted by atomic mass is 9.87. The number of hydrogen-bond acceptors (Lipinski definition) is 3. The van der Waals surface area contributed by atoms with Gasteiger partial charge in [0.1, 0.15) is 6.04 Å². The summed E-state index contributed by atoms with van der Waals surface area (Å²) in [6.07, 6.45) is 7.10. The second-order valence-electron chi connectivity index (χ2n) is 6.05. The van der Waals surface area contributed by atoms with Gasteiger partial charge in [0.05, 0.1) is 6.33 Å². The lowest BCUT2D eigenvalue weighted by Crippen LogP contribution is -2.52. The molecule has 0 unspecified atom stereocenters. The number of hydrogen-bond donors (Lipinski definition) is 3. The smallest absolute Gasteiger partial charge is 0.326 e. The molecule has 7 nitrogen and oxygen atoms in total. The molecule has 0 aromatic carbocycles. The fourth-order valence-electron chi connectivity index (χ4n) is 1.87. The number of imidazole rings is 1. The number of carboxylic acid groups (broad SMARTS) is 1. The van der Waals surface area contributed by atoms with Crippen LogP contribution in [0.5, 0.6) is 0 Å². The fourth-order valence-corrected chi connectivity index (χ4v) is 1.87. The number of aryl methyl sites for hydroxylation is 1. The Kier molecular flexibility index (Phi) is 6.20. The molecule has 0 fully saturated rings. The highest BCUT2D eigenvalue weighted by molar-refractivity contribution is 5.83. The van der Waals surface area contributed by atoms with Gasteiger partial charge in [0.2, 0.25) is 0 Å². The van der Waals surface area contributed by atoms with Crippen LogP contribution in [0, 0.1) is 5.41 Å². The summed E-state index contributed by atoms with van der Waals surface area (Å²) in [5.74, 6) is -1.03. The van der Waals surface area contributed by atoms with E-state index in [2.05, 4.69) is 15.6 Å². The predicted octanol–water partition coefficient (Wildman–Crippen LogP) is 1.46. The molecule has 118 valence electrons. The molecule has 0 aliphatic rings. The lowest BCUT2D eigenvalue weighted by molar-refractivity contribution is -0.141. The summed E-state index contributed by atoms with van der Waals surface area (Å²) in [5.41, 5.74) is -0.537. The van der Waals surface area contributed by atoms with E-state index in [1.165, 1.54) is 0 Å². The van der Waals surface area contributed by atoms with Crippen molar-refractivity contribution in [3.63, 3.8) is 0 Å². The normalized spacial score (nSPS) is 12.7. The average molecular weight is 296 g/mol. The molecule has 0 aliphatic heterocycles. The largest absolute Gasteiger partial charge is 0.480 e. The number of unbranched alkanes of at least 4 members (excludes halogenated alkanes) is 1. The number of nitrogens with one attached hydrogen (secondary N) is 2. The summed E-state index contributed by atoms with van der Waals surface area (Å²) in [6.45, 7) is 6.69. The van der Waals surface area contributed by atoms with Crippen LogP contribution in [0.4, 0.5) is 4.79 Å². The standard InChI is InChI=1S/C14H24N4O3/c1-14(2,3)11(12(19)20)17-13(21)16-6-4-5-8-18-9-7-15-10-18/h7,9-11H,4-6,8H2,1-3H3,(H,19,20)(H2,16,17,21)/t11-/m0/s1. The molecule has 1 atom stereocenters. The Hall–Kier alpha value is -2.05. The van der Waals surface area contributed by atoms with Crippen molar-refractivity contribution in [1.29, 1.82) is 0 Å². The van der Waals surface area contributed by atoms with Crippen LogP contribution in [0.2, 0.25) is 0 Å². The molecule has 0 spiro atoms. The minimum Gasteiger partial charge on any atom is -0.480 e. The number of aromatic nitrogens is 2. The summed E-state index contributed by atoms with van der Waals surface area (Å²) in [5, 5.41) is 14.3. The second kappa shape index (κ2) is 7.66. The molecule has 21 heavy (non-hydrogen) atoms. The summed E-state index contributed by atoms with van der Waals surface area (Å²) < 4.78 is 1.97. The van der Waals surface area contributed by atoms with Crippen LogP contribution in [-0.2, 0) is 11.3 Å². The zero-order valence-corrected chi connectivity index (χ0v) is 12.8. The van der Waals surface area contributed by atoms with E-state index < -0.39 is 23.5 Å². The molecule has 1 aromatic heterocycles. The summed E-state index contributed by atoms with van der Waals surface area (Å²) >= 11 is 0. The summed E-state index contributed by atoms with van der Waals surface area (Å²) in [4.78, 5) is 26.8. The first-order valence-electron chi connectivity index (χ1n) is 7.03. The molecule has 0 bridgehead atoms. The van der Waals surface area contributed by atoms with Gasteiger partial charge in [0, 0.05) is 25.5 Å². The summed E-state index contributed by atoms with van der Waals surface area (Å²) in [6, 6.07) is -1.36. The van der Waals surface area contributed by atoms with E-state index in [0.29, 0.717) is 6.54 Å². The number of aliphatic carboxylic acids is 1. The maximum atomic E-state index is 11.7. The van der Waals surface area contributed by atoms with Gasteiger partial charge < -0.3 is 20.3 Å². The maximum absolute atomic E-state index is 11.7. The van der Waals surface area contributed by atoms with E-state index in [0.717, 1.165) is 19.4 Å². The highest BCUT2D eigenvalue weighted by Gasteiger charge is 2.32. The van der Waals surface area contributed by atoms with Gasteiger partial charge in [-0.3, -0.25) is 0 Å². The van der Waals surface area contributed by atoms with Crippen LogP contribution in [0.1, 0.15) is 33.6 Å². The van der Waals surface area contributed by atoms with Crippen molar-refractivity contribution in [2.75, 3.05) is 6.54 Å². The topological polar surface area (TPSA) is 96.3 Å². The van der Waals surface area contributed by atoms with Crippen molar-refractivity contribution in [2.24, 2.45) is 5.41 Å². The van der Waals surface area contributed by atoms with Crippen molar-refractivity contribution in [3.8, 4) is 0 Å². The molecule has 7 heteroatoms. The van der Waals surface area contributed by atoms with Gasteiger partial charge in [0.15, 0.2) is 0 Å². The van der Waals surface area contributed by atoms with Crippen LogP contribution >= 0.6 is 0 Å². The SMILES string of the molecule is CC(C)(C)[C@@H](NC(=O)NCCCCn1ccnc1)C(=O)O.